The molecule has 0 unspecified atom stereocenters. The zero-order valence-corrected chi connectivity index (χ0v) is 37.8. The third-order valence-corrected chi connectivity index (χ3v) is 13.7. The van der Waals surface area contributed by atoms with Gasteiger partial charge in [-0.2, -0.15) is 0 Å². The monoisotopic (exact) mass is 879 g/mol. The highest BCUT2D eigenvalue weighted by Gasteiger charge is 2.18. The number of anilines is 3. The van der Waals surface area contributed by atoms with Crippen molar-refractivity contribution in [1.29, 1.82) is 0 Å². The van der Waals surface area contributed by atoms with Crippen molar-refractivity contribution in [2.24, 2.45) is 0 Å². The van der Waals surface area contributed by atoms with Gasteiger partial charge in [0.25, 0.3) is 0 Å². The molecule has 0 saturated carbocycles. The van der Waals surface area contributed by atoms with Gasteiger partial charge in [-0.3, -0.25) is 0 Å². The molecule has 0 fully saturated rings. The lowest BCUT2D eigenvalue weighted by molar-refractivity contribution is 1.18. The highest BCUT2D eigenvalue weighted by atomic mass is 15.1. The van der Waals surface area contributed by atoms with Gasteiger partial charge in [0.05, 0.1) is 22.1 Å². The van der Waals surface area contributed by atoms with Crippen LogP contribution in [0.25, 0.3) is 99.5 Å². The average Bonchev–Trinajstić information content (AvgIpc) is 3.94. The van der Waals surface area contributed by atoms with Crippen LogP contribution in [0.1, 0.15) is 0 Å². The number of fused-ring (bicyclic) bond motifs is 6. The van der Waals surface area contributed by atoms with E-state index in [1.165, 1.54) is 88.1 Å². The van der Waals surface area contributed by atoms with Crippen molar-refractivity contribution < 1.29 is 0 Å². The molecule has 0 atom stereocenters. The molecule has 13 aromatic rings. The van der Waals surface area contributed by atoms with Gasteiger partial charge in [0, 0.05) is 50.0 Å². The predicted octanol–water partition coefficient (Wildman–Crippen LogP) is 18.0. The van der Waals surface area contributed by atoms with Crippen LogP contribution < -0.4 is 4.90 Å². The van der Waals surface area contributed by atoms with Crippen LogP contribution in [0.5, 0.6) is 0 Å². The van der Waals surface area contributed by atoms with Gasteiger partial charge in [-0.05, 0) is 160 Å². The van der Waals surface area contributed by atoms with E-state index in [-0.39, 0.29) is 0 Å². The summed E-state index contributed by atoms with van der Waals surface area (Å²) >= 11 is 0. The second kappa shape index (κ2) is 16.9. The van der Waals surface area contributed by atoms with Crippen LogP contribution in [-0.4, -0.2) is 9.13 Å². The minimum atomic E-state index is 1.11. The summed E-state index contributed by atoms with van der Waals surface area (Å²) in [6.07, 6.45) is 0. The second-order valence-electron chi connectivity index (χ2n) is 17.8. The molecule has 0 N–H and O–H groups in total. The molecule has 0 saturated heterocycles. The fraction of sp³-hybridized carbons (Fsp3) is 0. The van der Waals surface area contributed by atoms with Gasteiger partial charge in [-0.15, -0.1) is 0 Å². The molecule has 0 aliphatic rings. The smallest absolute Gasteiger partial charge is 0.0541 e. The van der Waals surface area contributed by atoms with E-state index >= 15 is 0 Å². The first-order valence-electron chi connectivity index (χ1n) is 23.7. The van der Waals surface area contributed by atoms with E-state index in [9.17, 15) is 0 Å². The molecule has 0 amide bonds. The summed E-state index contributed by atoms with van der Waals surface area (Å²) in [7, 11) is 0. The Labute approximate surface area is 401 Å². The number of nitrogens with zero attached hydrogens (tertiary/aromatic N) is 3. The van der Waals surface area contributed by atoms with Gasteiger partial charge in [0.2, 0.25) is 0 Å². The Bertz CT molecular complexity index is 3750. The maximum atomic E-state index is 2.39. The normalized spacial score (nSPS) is 11.5. The minimum absolute atomic E-state index is 1.11. The molecule has 11 aromatic carbocycles. The van der Waals surface area contributed by atoms with Crippen LogP contribution in [0, 0.1) is 0 Å². The van der Waals surface area contributed by atoms with E-state index in [1.807, 2.05) is 0 Å². The summed E-state index contributed by atoms with van der Waals surface area (Å²) in [6.45, 7) is 0. The van der Waals surface area contributed by atoms with Crippen molar-refractivity contribution >= 4 is 60.7 Å². The van der Waals surface area contributed by atoms with Crippen LogP contribution in [0.15, 0.2) is 273 Å². The summed E-state index contributed by atoms with van der Waals surface area (Å²) in [5.41, 5.74) is 19.9. The van der Waals surface area contributed by atoms with E-state index in [2.05, 4.69) is 287 Å². The number of hydrogen-bond donors (Lipinski definition) is 0. The number of benzene rings is 11. The molecule has 0 aliphatic carbocycles. The Morgan fingerprint density at radius 2 is 0.507 bits per heavy atom. The summed E-state index contributed by atoms with van der Waals surface area (Å²) in [4.78, 5) is 2.30. The standard InChI is InChI=1S/C66H45N3/c1-5-17-54(18-6-1)67(55-19-7-2-8-20-55)58-37-33-47(34-38-58)46-29-31-48(32-30-46)51-41-52(49-35-39-65-61(44-49)59-25-13-15-27-63(59)68(65)56-21-9-3-10-22-56)43-53(42-51)50-36-40-66-62(45-50)60-26-14-16-28-64(60)69(66)57-23-11-4-12-24-57/h1-45H. The second-order valence-corrected chi connectivity index (χ2v) is 17.8. The zero-order valence-electron chi connectivity index (χ0n) is 37.8. The van der Waals surface area contributed by atoms with Gasteiger partial charge in [0.15, 0.2) is 0 Å². The molecule has 0 spiro atoms. The lowest BCUT2D eigenvalue weighted by atomic mass is 9.91. The van der Waals surface area contributed by atoms with E-state index in [4.69, 9.17) is 0 Å². The minimum Gasteiger partial charge on any atom is -0.311 e. The summed E-state index contributed by atoms with van der Waals surface area (Å²) < 4.78 is 4.77. The van der Waals surface area contributed by atoms with Crippen molar-refractivity contribution in [3.63, 3.8) is 0 Å². The lowest BCUT2D eigenvalue weighted by Crippen LogP contribution is -2.09. The third kappa shape index (κ3) is 7.16. The summed E-state index contributed by atoms with van der Waals surface area (Å²) in [5.74, 6) is 0. The number of rotatable bonds is 9. The van der Waals surface area contributed by atoms with Gasteiger partial charge in [0.1, 0.15) is 0 Å². The summed E-state index contributed by atoms with van der Waals surface area (Å²) in [5, 5.41) is 4.96. The van der Waals surface area contributed by atoms with E-state index in [0.29, 0.717) is 0 Å². The molecule has 2 heterocycles. The Balaban J connectivity index is 0.927. The lowest BCUT2D eigenvalue weighted by Gasteiger charge is -2.25. The summed E-state index contributed by atoms with van der Waals surface area (Å²) in [6, 6.07) is 99.1. The molecule has 69 heavy (non-hydrogen) atoms. The predicted molar refractivity (Wildman–Crippen MR) is 292 cm³/mol. The van der Waals surface area contributed by atoms with E-state index in [1.54, 1.807) is 0 Å². The molecule has 13 rings (SSSR count). The molecule has 3 heteroatoms. The molecule has 2 aromatic heterocycles. The number of hydrogen-bond acceptors (Lipinski definition) is 1. The quantitative estimate of drug-likeness (QED) is 0.141. The van der Waals surface area contributed by atoms with E-state index < -0.39 is 0 Å². The van der Waals surface area contributed by atoms with E-state index in [0.717, 1.165) is 28.4 Å². The number of para-hydroxylation sites is 6. The Hall–Kier alpha value is -9.18. The van der Waals surface area contributed by atoms with Crippen molar-refractivity contribution in [1.82, 2.24) is 9.13 Å². The van der Waals surface area contributed by atoms with Gasteiger partial charge in [-0.25, -0.2) is 0 Å². The van der Waals surface area contributed by atoms with Crippen LogP contribution in [0.2, 0.25) is 0 Å². The van der Waals surface area contributed by atoms with Gasteiger partial charge >= 0.3 is 0 Å². The first kappa shape index (κ1) is 40.1. The highest BCUT2D eigenvalue weighted by molar-refractivity contribution is 6.12. The number of aromatic nitrogens is 2. The van der Waals surface area contributed by atoms with Gasteiger partial charge in [-0.1, -0.05) is 158 Å². The molecule has 0 radical (unpaired) electrons. The average molecular weight is 880 g/mol. The SMILES string of the molecule is c1ccc(N(c2ccccc2)c2ccc(-c3ccc(-c4cc(-c5ccc6c(c5)c5ccccc5n6-c5ccccc5)cc(-c5ccc6c(c5)c5ccccc5n6-c5ccccc5)c4)cc3)cc2)cc1. The van der Waals surface area contributed by atoms with Gasteiger partial charge < -0.3 is 14.0 Å². The van der Waals surface area contributed by atoms with Crippen molar-refractivity contribution in [3.05, 3.63) is 273 Å². The molecule has 3 nitrogen and oxygen atoms in total. The van der Waals surface area contributed by atoms with Crippen molar-refractivity contribution in [2.75, 3.05) is 4.90 Å². The topological polar surface area (TPSA) is 13.1 Å². The first-order valence-corrected chi connectivity index (χ1v) is 23.7. The van der Waals surface area contributed by atoms with Crippen molar-refractivity contribution in [3.8, 4) is 55.9 Å². The van der Waals surface area contributed by atoms with Crippen molar-refractivity contribution in [2.45, 2.75) is 0 Å². The fourth-order valence-corrected chi connectivity index (χ4v) is 10.4. The Kier molecular flexibility index (Phi) is 9.84. The van der Waals surface area contributed by atoms with Crippen LogP contribution >= 0.6 is 0 Å². The molecule has 324 valence electrons. The third-order valence-electron chi connectivity index (χ3n) is 13.7. The van der Waals surface area contributed by atoms with Crippen LogP contribution in [-0.2, 0) is 0 Å². The Morgan fingerprint density at radius 1 is 0.203 bits per heavy atom. The molecule has 0 bridgehead atoms. The zero-order chi connectivity index (χ0) is 45.7. The maximum absolute atomic E-state index is 2.39. The highest BCUT2D eigenvalue weighted by Crippen LogP contribution is 2.41. The van der Waals surface area contributed by atoms with Crippen LogP contribution in [0.3, 0.4) is 0 Å². The fourth-order valence-electron chi connectivity index (χ4n) is 10.4. The molecular formula is C66H45N3. The largest absolute Gasteiger partial charge is 0.311 e. The first-order chi connectivity index (χ1) is 34.2. The molecular weight excluding hydrogens is 835 g/mol. The van der Waals surface area contributed by atoms with Crippen LogP contribution in [0.4, 0.5) is 17.1 Å². The maximum Gasteiger partial charge on any atom is 0.0541 e. The molecule has 0 aliphatic heterocycles. The Morgan fingerprint density at radius 3 is 0.942 bits per heavy atom.